The Morgan fingerprint density at radius 3 is 2.00 bits per heavy atom. The quantitative estimate of drug-likeness (QED) is 0.660. The molecule has 0 aromatic heterocycles. The van der Waals surface area contributed by atoms with Gasteiger partial charge in [-0.15, -0.1) is 0 Å². The Morgan fingerprint density at radius 1 is 1.00 bits per heavy atom. The third-order valence-electron chi connectivity index (χ3n) is 2.66. The summed E-state index contributed by atoms with van der Waals surface area (Å²) >= 11 is 9.98. The lowest BCUT2D eigenvalue weighted by Crippen LogP contribution is -2.13. The third-order valence-corrected chi connectivity index (χ3v) is 5.73. The van der Waals surface area contributed by atoms with Crippen molar-refractivity contribution in [3.63, 3.8) is 0 Å². The molecule has 0 amide bonds. The average Bonchev–Trinajstić information content (AvgIpc) is 2.43. The summed E-state index contributed by atoms with van der Waals surface area (Å²) in [5, 5.41) is 8.98. The average molecular weight is 500 g/mol. The van der Waals surface area contributed by atoms with E-state index in [1.807, 2.05) is 0 Å². The van der Waals surface area contributed by atoms with Gasteiger partial charge in [0.05, 0.1) is 17.2 Å². The molecule has 0 atom stereocenters. The molecule has 0 spiro atoms. The molecule has 0 radical (unpaired) electrons. The minimum absolute atomic E-state index is 0.126. The summed E-state index contributed by atoms with van der Waals surface area (Å²) in [6.07, 6.45) is 0. The molecule has 0 aliphatic rings. The van der Waals surface area contributed by atoms with Gasteiger partial charge in [0.2, 0.25) is 0 Å². The molecule has 8 heteroatoms. The van der Waals surface area contributed by atoms with E-state index in [1.54, 1.807) is 24.3 Å². The SMILES string of the molecule is O=S(=O)(Nc1c(Br)cc(Br)cc1Br)c1ccc(CO)cc1. The first-order valence-corrected chi connectivity index (χ1v) is 9.57. The standard InChI is InChI=1S/C13H10Br3NO3S/c14-9-5-11(15)13(12(16)6-9)17-21(19,20)10-3-1-8(7-18)2-4-10/h1-6,17-18H,7H2. The second-order valence-corrected chi connectivity index (χ2v) is 8.46. The van der Waals surface area contributed by atoms with Gasteiger partial charge in [-0.05, 0) is 61.7 Å². The highest BCUT2D eigenvalue weighted by molar-refractivity contribution is 9.11. The van der Waals surface area contributed by atoms with Crippen molar-refractivity contribution in [3.05, 3.63) is 55.4 Å². The number of halogens is 3. The van der Waals surface area contributed by atoms with E-state index in [4.69, 9.17) is 5.11 Å². The molecule has 0 aliphatic heterocycles. The van der Waals surface area contributed by atoms with E-state index in [1.165, 1.54) is 12.1 Å². The van der Waals surface area contributed by atoms with E-state index < -0.39 is 10.0 Å². The topological polar surface area (TPSA) is 66.4 Å². The summed E-state index contributed by atoms with van der Waals surface area (Å²) in [6, 6.07) is 9.54. The van der Waals surface area contributed by atoms with Gasteiger partial charge in [-0.1, -0.05) is 28.1 Å². The predicted octanol–water partition coefficient (Wildman–Crippen LogP) is 4.27. The fourth-order valence-electron chi connectivity index (χ4n) is 1.61. The van der Waals surface area contributed by atoms with Crippen molar-refractivity contribution in [3.8, 4) is 0 Å². The number of hydrogen-bond donors (Lipinski definition) is 2. The van der Waals surface area contributed by atoms with E-state index in [9.17, 15) is 8.42 Å². The zero-order chi connectivity index (χ0) is 15.6. The summed E-state index contributed by atoms with van der Waals surface area (Å²) in [5.74, 6) is 0. The number of benzene rings is 2. The Kier molecular flexibility index (Phi) is 5.48. The number of hydrogen-bond acceptors (Lipinski definition) is 3. The lowest BCUT2D eigenvalue weighted by molar-refractivity contribution is 0.282. The molecule has 0 aliphatic carbocycles. The lowest BCUT2D eigenvalue weighted by Gasteiger charge is -2.12. The van der Waals surface area contributed by atoms with E-state index >= 15 is 0 Å². The van der Waals surface area contributed by atoms with Crippen LogP contribution in [-0.2, 0) is 16.6 Å². The Labute approximate surface area is 148 Å². The number of anilines is 1. The summed E-state index contributed by atoms with van der Waals surface area (Å²) < 4.78 is 29.3. The second-order valence-electron chi connectivity index (χ2n) is 4.15. The van der Waals surface area contributed by atoms with Crippen molar-refractivity contribution in [2.75, 3.05) is 4.72 Å². The second kappa shape index (κ2) is 6.78. The number of aliphatic hydroxyl groups is 1. The van der Waals surface area contributed by atoms with Crippen molar-refractivity contribution in [1.29, 1.82) is 0 Å². The van der Waals surface area contributed by atoms with E-state index in [0.29, 0.717) is 20.2 Å². The van der Waals surface area contributed by atoms with E-state index in [0.717, 1.165) is 4.47 Å². The van der Waals surface area contributed by atoms with Crippen LogP contribution < -0.4 is 4.72 Å². The van der Waals surface area contributed by atoms with Gasteiger partial charge in [-0.3, -0.25) is 4.72 Å². The van der Waals surface area contributed by atoms with E-state index in [2.05, 4.69) is 52.5 Å². The van der Waals surface area contributed by atoms with Crippen molar-refractivity contribution >= 4 is 63.5 Å². The molecule has 21 heavy (non-hydrogen) atoms. The van der Waals surface area contributed by atoms with Crippen molar-refractivity contribution in [1.82, 2.24) is 0 Å². The predicted molar refractivity (Wildman–Crippen MR) is 92.7 cm³/mol. The van der Waals surface area contributed by atoms with Crippen LogP contribution in [0.4, 0.5) is 5.69 Å². The van der Waals surface area contributed by atoms with Gasteiger partial charge in [-0.25, -0.2) is 8.42 Å². The largest absolute Gasteiger partial charge is 0.392 e. The minimum atomic E-state index is -3.70. The molecule has 2 aromatic carbocycles. The summed E-state index contributed by atoms with van der Waals surface area (Å²) in [7, 11) is -3.70. The van der Waals surface area contributed by atoms with Crippen LogP contribution in [-0.4, -0.2) is 13.5 Å². The zero-order valence-electron chi connectivity index (χ0n) is 10.5. The third kappa shape index (κ3) is 4.07. The maximum absolute atomic E-state index is 12.4. The van der Waals surface area contributed by atoms with Crippen LogP contribution in [0.15, 0.2) is 54.7 Å². The molecule has 2 rings (SSSR count). The molecular formula is C13H10Br3NO3S. The number of nitrogens with one attached hydrogen (secondary N) is 1. The fraction of sp³-hybridized carbons (Fsp3) is 0.0769. The van der Waals surface area contributed by atoms with Gasteiger partial charge in [-0.2, -0.15) is 0 Å². The highest BCUT2D eigenvalue weighted by atomic mass is 79.9. The Balaban J connectivity index is 2.37. The molecule has 2 N–H and O–H groups in total. The molecule has 0 saturated heterocycles. The first kappa shape index (κ1) is 17.0. The van der Waals surface area contributed by atoms with Crippen LogP contribution in [0.1, 0.15) is 5.56 Å². The van der Waals surface area contributed by atoms with Gasteiger partial charge < -0.3 is 5.11 Å². The Morgan fingerprint density at radius 2 is 1.52 bits per heavy atom. The van der Waals surface area contributed by atoms with Crippen LogP contribution >= 0.6 is 47.8 Å². The molecule has 0 bridgehead atoms. The van der Waals surface area contributed by atoms with Crippen molar-refractivity contribution < 1.29 is 13.5 Å². The van der Waals surface area contributed by atoms with Gasteiger partial charge in [0.15, 0.2) is 0 Å². The lowest BCUT2D eigenvalue weighted by atomic mass is 10.2. The summed E-state index contributed by atoms with van der Waals surface area (Å²) in [6.45, 7) is -0.127. The Hall–Kier alpha value is -0.410. The van der Waals surface area contributed by atoms with Crippen LogP contribution in [0.3, 0.4) is 0 Å². The molecule has 0 unspecified atom stereocenters. The number of sulfonamides is 1. The molecule has 0 saturated carbocycles. The maximum Gasteiger partial charge on any atom is 0.261 e. The van der Waals surface area contributed by atoms with Gasteiger partial charge in [0.1, 0.15) is 0 Å². The van der Waals surface area contributed by atoms with Crippen molar-refractivity contribution in [2.45, 2.75) is 11.5 Å². The molecule has 2 aromatic rings. The zero-order valence-corrected chi connectivity index (χ0v) is 16.1. The highest BCUT2D eigenvalue weighted by Crippen LogP contribution is 2.35. The first-order chi connectivity index (χ1) is 9.83. The van der Waals surface area contributed by atoms with Gasteiger partial charge in [0.25, 0.3) is 10.0 Å². The fourth-order valence-corrected chi connectivity index (χ4v) is 5.43. The van der Waals surface area contributed by atoms with Crippen LogP contribution in [0, 0.1) is 0 Å². The Bertz CT molecular complexity index is 738. The smallest absolute Gasteiger partial charge is 0.261 e. The van der Waals surface area contributed by atoms with Crippen LogP contribution in [0.2, 0.25) is 0 Å². The van der Waals surface area contributed by atoms with Crippen LogP contribution in [0.5, 0.6) is 0 Å². The van der Waals surface area contributed by atoms with Gasteiger partial charge >= 0.3 is 0 Å². The number of aliphatic hydroxyl groups excluding tert-OH is 1. The molecule has 4 nitrogen and oxygen atoms in total. The monoisotopic (exact) mass is 497 g/mol. The summed E-state index contributed by atoms with van der Waals surface area (Å²) in [5.41, 5.74) is 1.07. The maximum atomic E-state index is 12.4. The van der Waals surface area contributed by atoms with Crippen LogP contribution in [0.25, 0.3) is 0 Å². The van der Waals surface area contributed by atoms with Gasteiger partial charge in [0, 0.05) is 13.4 Å². The highest BCUT2D eigenvalue weighted by Gasteiger charge is 2.17. The number of rotatable bonds is 4. The minimum Gasteiger partial charge on any atom is -0.392 e. The van der Waals surface area contributed by atoms with E-state index in [-0.39, 0.29) is 11.5 Å². The molecular weight excluding hydrogens is 490 g/mol. The first-order valence-electron chi connectivity index (χ1n) is 5.70. The molecule has 0 heterocycles. The van der Waals surface area contributed by atoms with Crippen molar-refractivity contribution in [2.24, 2.45) is 0 Å². The normalized spacial score (nSPS) is 11.4. The molecule has 0 fully saturated rings. The molecule has 112 valence electrons. The summed E-state index contributed by atoms with van der Waals surface area (Å²) in [4.78, 5) is 0.126.